The fourth-order valence-corrected chi connectivity index (χ4v) is 1.26. The van der Waals surface area contributed by atoms with Crippen LogP contribution in [-0.2, 0) is 0 Å². The van der Waals surface area contributed by atoms with Crippen molar-refractivity contribution in [3.8, 4) is 17.9 Å². The van der Waals surface area contributed by atoms with Crippen LogP contribution < -0.4 is 0 Å². The third-order valence-corrected chi connectivity index (χ3v) is 2.04. The minimum absolute atomic E-state index is 0.589. The summed E-state index contributed by atoms with van der Waals surface area (Å²) in [6.45, 7) is 0. The molecule has 1 aromatic carbocycles. The standard InChI is InChI=1S/C14H8N2/c15-11-13-6-2-1-5-12(13)8-9-14-7-3-4-10-16-14/h1-7,10H. The topological polar surface area (TPSA) is 36.7 Å². The number of hydrogen-bond donors (Lipinski definition) is 0. The van der Waals surface area contributed by atoms with Gasteiger partial charge in [0.1, 0.15) is 11.8 Å². The minimum Gasteiger partial charge on any atom is -0.248 e. The van der Waals surface area contributed by atoms with Crippen LogP contribution in [0.3, 0.4) is 0 Å². The Labute approximate surface area is 94.2 Å². The molecule has 0 aliphatic carbocycles. The van der Waals surface area contributed by atoms with Crippen LogP contribution in [0.1, 0.15) is 16.8 Å². The maximum atomic E-state index is 8.88. The summed E-state index contributed by atoms with van der Waals surface area (Å²) in [6.07, 6.45) is 1.69. The van der Waals surface area contributed by atoms with Crippen molar-refractivity contribution in [1.82, 2.24) is 4.98 Å². The van der Waals surface area contributed by atoms with Crippen molar-refractivity contribution in [1.29, 1.82) is 5.26 Å². The Balaban J connectivity index is 2.36. The smallest absolute Gasteiger partial charge is 0.113 e. The van der Waals surface area contributed by atoms with Crippen molar-refractivity contribution in [2.45, 2.75) is 0 Å². The van der Waals surface area contributed by atoms with Gasteiger partial charge in [0.05, 0.1) is 5.56 Å². The van der Waals surface area contributed by atoms with E-state index in [9.17, 15) is 0 Å². The Kier molecular flexibility index (Phi) is 2.97. The first kappa shape index (κ1) is 9.96. The third kappa shape index (κ3) is 2.26. The van der Waals surface area contributed by atoms with Gasteiger partial charge in [0, 0.05) is 11.8 Å². The van der Waals surface area contributed by atoms with Gasteiger partial charge in [0.25, 0.3) is 0 Å². The molecular formula is C14H8N2. The average Bonchev–Trinajstić information content (AvgIpc) is 2.38. The Hall–Kier alpha value is -2.58. The highest BCUT2D eigenvalue weighted by Crippen LogP contribution is 2.05. The second-order valence-corrected chi connectivity index (χ2v) is 3.12. The molecule has 0 bridgehead atoms. The number of nitriles is 1. The average molecular weight is 204 g/mol. The maximum absolute atomic E-state index is 8.88. The lowest BCUT2D eigenvalue weighted by Gasteiger charge is -1.92. The predicted octanol–water partition coefficient (Wildman–Crippen LogP) is 2.35. The van der Waals surface area contributed by atoms with Crippen LogP contribution >= 0.6 is 0 Å². The van der Waals surface area contributed by atoms with Crippen LogP contribution in [0.5, 0.6) is 0 Å². The Morgan fingerprint density at radius 2 is 1.62 bits per heavy atom. The summed E-state index contributed by atoms with van der Waals surface area (Å²) < 4.78 is 0. The first-order valence-corrected chi connectivity index (χ1v) is 4.82. The Morgan fingerprint density at radius 1 is 0.875 bits per heavy atom. The summed E-state index contributed by atoms with van der Waals surface area (Å²) in [4.78, 5) is 4.09. The molecule has 0 radical (unpaired) electrons. The number of benzene rings is 1. The van der Waals surface area contributed by atoms with Gasteiger partial charge in [-0.1, -0.05) is 24.1 Å². The van der Waals surface area contributed by atoms with Crippen molar-refractivity contribution < 1.29 is 0 Å². The monoisotopic (exact) mass is 204 g/mol. The van der Waals surface area contributed by atoms with E-state index in [1.54, 1.807) is 12.3 Å². The lowest BCUT2D eigenvalue weighted by Crippen LogP contribution is -1.83. The van der Waals surface area contributed by atoms with Crippen LogP contribution in [0.2, 0.25) is 0 Å². The van der Waals surface area contributed by atoms with E-state index in [0.717, 1.165) is 5.56 Å². The summed E-state index contributed by atoms with van der Waals surface area (Å²) in [6, 6.07) is 14.9. The van der Waals surface area contributed by atoms with Gasteiger partial charge in [-0.15, -0.1) is 0 Å². The van der Waals surface area contributed by atoms with Gasteiger partial charge < -0.3 is 0 Å². The van der Waals surface area contributed by atoms with Gasteiger partial charge in [0.2, 0.25) is 0 Å². The lowest BCUT2D eigenvalue weighted by atomic mass is 10.1. The molecule has 0 fully saturated rings. The first-order valence-electron chi connectivity index (χ1n) is 4.82. The predicted molar refractivity (Wildman–Crippen MR) is 61.4 cm³/mol. The highest BCUT2D eigenvalue weighted by Gasteiger charge is 1.95. The second-order valence-electron chi connectivity index (χ2n) is 3.12. The zero-order chi connectivity index (χ0) is 11.2. The molecule has 0 spiro atoms. The van der Waals surface area contributed by atoms with Gasteiger partial charge in [-0.05, 0) is 30.2 Å². The molecule has 0 aliphatic heterocycles. The fourth-order valence-electron chi connectivity index (χ4n) is 1.26. The summed E-state index contributed by atoms with van der Waals surface area (Å²) in [5.41, 5.74) is 2.02. The Bertz CT molecular complexity index is 583. The summed E-state index contributed by atoms with van der Waals surface area (Å²) in [7, 11) is 0. The molecule has 0 saturated carbocycles. The summed E-state index contributed by atoms with van der Waals surface area (Å²) in [5, 5.41) is 8.88. The highest BCUT2D eigenvalue weighted by atomic mass is 14.6. The van der Waals surface area contributed by atoms with Gasteiger partial charge in [0.15, 0.2) is 0 Å². The molecule has 0 aliphatic rings. The third-order valence-electron chi connectivity index (χ3n) is 2.04. The fraction of sp³-hybridized carbons (Fsp3) is 0. The zero-order valence-corrected chi connectivity index (χ0v) is 8.51. The van der Waals surface area contributed by atoms with Crippen molar-refractivity contribution in [3.63, 3.8) is 0 Å². The van der Waals surface area contributed by atoms with Crippen molar-refractivity contribution in [3.05, 3.63) is 65.5 Å². The molecule has 0 saturated heterocycles. The van der Waals surface area contributed by atoms with E-state index < -0.39 is 0 Å². The largest absolute Gasteiger partial charge is 0.248 e. The van der Waals surface area contributed by atoms with Gasteiger partial charge in [-0.25, -0.2) is 4.98 Å². The minimum atomic E-state index is 0.589. The molecule has 2 heteroatoms. The van der Waals surface area contributed by atoms with Crippen molar-refractivity contribution >= 4 is 0 Å². The summed E-state index contributed by atoms with van der Waals surface area (Å²) in [5.74, 6) is 5.87. The molecule has 1 heterocycles. The van der Waals surface area contributed by atoms with E-state index in [-0.39, 0.29) is 0 Å². The van der Waals surface area contributed by atoms with E-state index in [1.165, 1.54) is 0 Å². The molecule has 0 unspecified atom stereocenters. The summed E-state index contributed by atoms with van der Waals surface area (Å²) >= 11 is 0. The molecule has 0 N–H and O–H groups in total. The molecule has 1 aromatic heterocycles. The van der Waals surface area contributed by atoms with Gasteiger partial charge >= 0.3 is 0 Å². The number of aromatic nitrogens is 1. The number of hydrogen-bond acceptors (Lipinski definition) is 2. The maximum Gasteiger partial charge on any atom is 0.113 e. The number of nitrogens with zero attached hydrogens (tertiary/aromatic N) is 2. The molecular weight excluding hydrogens is 196 g/mol. The number of rotatable bonds is 0. The lowest BCUT2D eigenvalue weighted by molar-refractivity contribution is 1.29. The number of pyridine rings is 1. The van der Waals surface area contributed by atoms with Gasteiger partial charge in [-0.3, -0.25) is 0 Å². The highest BCUT2D eigenvalue weighted by molar-refractivity contribution is 5.49. The van der Waals surface area contributed by atoms with Crippen molar-refractivity contribution in [2.75, 3.05) is 0 Å². The molecule has 16 heavy (non-hydrogen) atoms. The SMILES string of the molecule is N#Cc1ccccc1C#Cc1ccccn1. The molecule has 2 nitrogen and oxygen atoms in total. The van der Waals surface area contributed by atoms with Crippen LogP contribution in [0, 0.1) is 23.2 Å². The second kappa shape index (κ2) is 4.77. The van der Waals surface area contributed by atoms with E-state index in [2.05, 4.69) is 22.9 Å². The normalized spacial score (nSPS) is 8.69. The van der Waals surface area contributed by atoms with E-state index >= 15 is 0 Å². The van der Waals surface area contributed by atoms with Crippen LogP contribution in [-0.4, -0.2) is 4.98 Å². The van der Waals surface area contributed by atoms with Crippen molar-refractivity contribution in [2.24, 2.45) is 0 Å². The van der Waals surface area contributed by atoms with E-state index in [1.807, 2.05) is 36.4 Å². The molecule has 2 aromatic rings. The van der Waals surface area contributed by atoms with Gasteiger partial charge in [-0.2, -0.15) is 5.26 Å². The van der Waals surface area contributed by atoms with E-state index in [4.69, 9.17) is 5.26 Å². The van der Waals surface area contributed by atoms with Crippen LogP contribution in [0.15, 0.2) is 48.7 Å². The molecule has 74 valence electrons. The molecule has 0 amide bonds. The molecule has 2 rings (SSSR count). The quantitative estimate of drug-likeness (QED) is 0.617. The first-order chi connectivity index (χ1) is 7.90. The zero-order valence-electron chi connectivity index (χ0n) is 8.51. The van der Waals surface area contributed by atoms with Crippen LogP contribution in [0.4, 0.5) is 0 Å². The van der Waals surface area contributed by atoms with E-state index in [0.29, 0.717) is 11.3 Å². The van der Waals surface area contributed by atoms with Crippen LogP contribution in [0.25, 0.3) is 0 Å². The Morgan fingerprint density at radius 3 is 2.31 bits per heavy atom. The molecule has 0 atom stereocenters.